The van der Waals surface area contributed by atoms with Crippen molar-refractivity contribution in [3.63, 3.8) is 0 Å². The molecule has 0 saturated heterocycles. The van der Waals surface area contributed by atoms with Crippen LogP contribution in [-0.2, 0) is 0 Å². The van der Waals surface area contributed by atoms with Crippen molar-refractivity contribution in [2.24, 2.45) is 0 Å². The molecule has 20 heavy (non-hydrogen) atoms. The standard InChI is InChI=1S/C18H30N2/c1-17(13-9-15-19(3)4)11-7-8-12-18(2)14-10-16-20(5)6/h7-14H,15-16H2,1-6H3/b8-7+,13-9+,14-10+,17-11+,18-12+. The molecule has 0 aliphatic rings. The summed E-state index contributed by atoms with van der Waals surface area (Å²) in [5.41, 5.74) is 2.52. The summed E-state index contributed by atoms with van der Waals surface area (Å²) in [6, 6.07) is 0. The highest BCUT2D eigenvalue weighted by Gasteiger charge is 1.84. The van der Waals surface area contributed by atoms with Gasteiger partial charge in [0.05, 0.1) is 0 Å². The molecule has 0 spiro atoms. The lowest BCUT2D eigenvalue weighted by molar-refractivity contribution is 0.456. The summed E-state index contributed by atoms with van der Waals surface area (Å²) in [5, 5.41) is 0. The molecule has 0 amide bonds. The summed E-state index contributed by atoms with van der Waals surface area (Å²) in [4.78, 5) is 4.29. The molecule has 112 valence electrons. The van der Waals surface area contributed by atoms with Crippen LogP contribution in [0.1, 0.15) is 13.8 Å². The van der Waals surface area contributed by atoms with Gasteiger partial charge < -0.3 is 9.80 Å². The minimum absolute atomic E-state index is 0.977. The van der Waals surface area contributed by atoms with Gasteiger partial charge in [-0.25, -0.2) is 0 Å². The Kier molecular flexibility index (Phi) is 10.7. The fourth-order valence-corrected chi connectivity index (χ4v) is 1.42. The quantitative estimate of drug-likeness (QED) is 0.623. The summed E-state index contributed by atoms with van der Waals surface area (Å²) < 4.78 is 0. The molecule has 0 radical (unpaired) electrons. The molecule has 2 heteroatoms. The summed E-state index contributed by atoms with van der Waals surface area (Å²) in [6.07, 6.45) is 17.1. The van der Waals surface area contributed by atoms with Gasteiger partial charge in [0.2, 0.25) is 0 Å². The average molecular weight is 274 g/mol. The minimum Gasteiger partial charge on any atom is -0.306 e. The molecule has 0 atom stereocenters. The average Bonchev–Trinajstić information content (AvgIpc) is 2.33. The van der Waals surface area contributed by atoms with Crippen molar-refractivity contribution >= 4 is 0 Å². The Bertz CT molecular complexity index is 356. The highest BCUT2D eigenvalue weighted by Crippen LogP contribution is 1.99. The molecule has 0 rings (SSSR count). The van der Waals surface area contributed by atoms with Gasteiger partial charge in [-0.2, -0.15) is 0 Å². The predicted molar refractivity (Wildman–Crippen MR) is 92.0 cm³/mol. The van der Waals surface area contributed by atoms with Gasteiger partial charge in [-0.3, -0.25) is 0 Å². The van der Waals surface area contributed by atoms with Crippen LogP contribution in [0.5, 0.6) is 0 Å². The first kappa shape index (κ1) is 18.6. The predicted octanol–water partition coefficient (Wildman–Crippen LogP) is 3.67. The Morgan fingerprint density at radius 3 is 1.35 bits per heavy atom. The van der Waals surface area contributed by atoms with Crippen molar-refractivity contribution in [3.8, 4) is 0 Å². The molecule has 0 aromatic heterocycles. The lowest BCUT2D eigenvalue weighted by atomic mass is 10.2. The number of nitrogens with zero attached hydrogens (tertiary/aromatic N) is 2. The number of allylic oxidation sites excluding steroid dienone is 8. The van der Waals surface area contributed by atoms with Gasteiger partial charge in [0, 0.05) is 13.1 Å². The third-order valence-corrected chi connectivity index (χ3v) is 2.53. The summed E-state index contributed by atoms with van der Waals surface area (Å²) in [5.74, 6) is 0. The lowest BCUT2D eigenvalue weighted by Gasteiger charge is -2.03. The SMILES string of the molecule is CC(/C=C/CN(C)C)=C\C=C\C=C(C)\C=C\CN(C)C. The first-order valence-electron chi connectivity index (χ1n) is 7.06. The molecule has 0 aromatic rings. The van der Waals surface area contributed by atoms with Crippen LogP contribution < -0.4 is 0 Å². The van der Waals surface area contributed by atoms with Crippen LogP contribution in [0.2, 0.25) is 0 Å². The van der Waals surface area contributed by atoms with Gasteiger partial charge in [0.1, 0.15) is 0 Å². The lowest BCUT2D eigenvalue weighted by Crippen LogP contribution is -2.10. The normalized spacial score (nSPS) is 14.8. The van der Waals surface area contributed by atoms with Crippen LogP contribution >= 0.6 is 0 Å². The molecule has 0 saturated carbocycles. The molecule has 0 unspecified atom stereocenters. The van der Waals surface area contributed by atoms with Gasteiger partial charge in [0.25, 0.3) is 0 Å². The van der Waals surface area contributed by atoms with E-state index in [0.717, 1.165) is 13.1 Å². The largest absolute Gasteiger partial charge is 0.306 e. The summed E-state index contributed by atoms with van der Waals surface area (Å²) >= 11 is 0. The fraction of sp³-hybridized carbons (Fsp3) is 0.444. The van der Waals surface area contributed by atoms with Crippen molar-refractivity contribution in [2.45, 2.75) is 13.8 Å². The van der Waals surface area contributed by atoms with E-state index in [4.69, 9.17) is 0 Å². The van der Waals surface area contributed by atoms with Crippen molar-refractivity contribution < 1.29 is 0 Å². The molecular weight excluding hydrogens is 244 g/mol. The van der Waals surface area contributed by atoms with Crippen LogP contribution in [0.25, 0.3) is 0 Å². The Morgan fingerprint density at radius 1 is 0.700 bits per heavy atom. The van der Waals surface area contributed by atoms with Crippen molar-refractivity contribution in [3.05, 3.63) is 59.8 Å². The van der Waals surface area contributed by atoms with Crippen molar-refractivity contribution in [1.82, 2.24) is 9.80 Å². The highest BCUT2D eigenvalue weighted by molar-refractivity contribution is 5.27. The third kappa shape index (κ3) is 13.1. The Labute approximate surface area is 125 Å². The number of likely N-dealkylation sites (N-methyl/N-ethyl adjacent to an activating group) is 2. The number of rotatable bonds is 8. The second-order valence-electron chi connectivity index (χ2n) is 5.54. The first-order chi connectivity index (χ1) is 9.41. The van der Waals surface area contributed by atoms with Gasteiger partial charge in [-0.1, -0.05) is 59.8 Å². The molecule has 2 nitrogen and oxygen atoms in total. The molecule has 0 aromatic carbocycles. The van der Waals surface area contributed by atoms with Crippen LogP contribution in [0.15, 0.2) is 59.8 Å². The number of hydrogen-bond donors (Lipinski definition) is 0. The van der Waals surface area contributed by atoms with Gasteiger partial charge >= 0.3 is 0 Å². The zero-order chi connectivity index (χ0) is 15.4. The van der Waals surface area contributed by atoms with Gasteiger partial charge in [-0.05, 0) is 42.0 Å². The van der Waals surface area contributed by atoms with E-state index in [2.05, 4.69) is 100 Å². The monoisotopic (exact) mass is 274 g/mol. The Balaban J connectivity index is 4.22. The molecule has 0 aliphatic heterocycles. The molecule has 0 bridgehead atoms. The molecule has 0 fully saturated rings. The maximum absolute atomic E-state index is 2.17. The van der Waals surface area contributed by atoms with Crippen LogP contribution in [0.4, 0.5) is 0 Å². The first-order valence-corrected chi connectivity index (χ1v) is 7.06. The van der Waals surface area contributed by atoms with E-state index in [9.17, 15) is 0 Å². The van der Waals surface area contributed by atoms with E-state index in [1.165, 1.54) is 11.1 Å². The van der Waals surface area contributed by atoms with E-state index in [1.807, 2.05) is 0 Å². The molecule has 0 heterocycles. The third-order valence-electron chi connectivity index (χ3n) is 2.53. The highest BCUT2D eigenvalue weighted by atomic mass is 15.0. The van der Waals surface area contributed by atoms with Crippen LogP contribution in [-0.4, -0.2) is 51.1 Å². The van der Waals surface area contributed by atoms with E-state index < -0.39 is 0 Å². The van der Waals surface area contributed by atoms with E-state index in [0.29, 0.717) is 0 Å². The van der Waals surface area contributed by atoms with Gasteiger partial charge in [-0.15, -0.1) is 0 Å². The van der Waals surface area contributed by atoms with E-state index >= 15 is 0 Å². The topological polar surface area (TPSA) is 6.48 Å². The second kappa shape index (κ2) is 11.4. The van der Waals surface area contributed by atoms with E-state index in [1.54, 1.807) is 0 Å². The molecular formula is C18H30N2. The van der Waals surface area contributed by atoms with E-state index in [-0.39, 0.29) is 0 Å². The zero-order valence-corrected chi connectivity index (χ0v) is 13.9. The summed E-state index contributed by atoms with van der Waals surface area (Å²) in [7, 11) is 8.28. The van der Waals surface area contributed by atoms with Crippen molar-refractivity contribution in [1.29, 1.82) is 0 Å². The van der Waals surface area contributed by atoms with Crippen molar-refractivity contribution in [2.75, 3.05) is 41.3 Å². The number of hydrogen-bond acceptors (Lipinski definition) is 2. The smallest absolute Gasteiger partial charge is 0.0160 e. The minimum atomic E-state index is 0.977. The van der Waals surface area contributed by atoms with Crippen LogP contribution in [0.3, 0.4) is 0 Å². The van der Waals surface area contributed by atoms with Crippen LogP contribution in [0, 0.1) is 0 Å². The Hall–Kier alpha value is -1.38. The maximum Gasteiger partial charge on any atom is 0.0160 e. The maximum atomic E-state index is 2.17. The second-order valence-corrected chi connectivity index (χ2v) is 5.54. The zero-order valence-electron chi connectivity index (χ0n) is 13.9. The molecule has 0 N–H and O–H groups in total. The Morgan fingerprint density at radius 2 is 1.05 bits per heavy atom. The summed E-state index contributed by atoms with van der Waals surface area (Å²) in [6.45, 7) is 6.18. The molecule has 0 aliphatic carbocycles. The fourth-order valence-electron chi connectivity index (χ4n) is 1.42. The van der Waals surface area contributed by atoms with Gasteiger partial charge in [0.15, 0.2) is 0 Å².